The van der Waals surface area contributed by atoms with E-state index >= 15 is 0 Å². The molecule has 0 spiro atoms. The Morgan fingerprint density at radius 2 is 2.11 bits per heavy atom. The molecule has 0 saturated heterocycles. The third-order valence-electron chi connectivity index (χ3n) is 2.85. The maximum Gasteiger partial charge on any atom is 0.338 e. The SMILES string of the molecule is C=CCN(c1cccc(SC)c1C(=O)O)C(C)(C)C. The molecule has 1 rings (SSSR count). The average molecular weight is 279 g/mol. The first-order chi connectivity index (χ1) is 8.82. The Hall–Kier alpha value is -1.42. The largest absolute Gasteiger partial charge is 0.478 e. The molecule has 0 aliphatic rings. The van der Waals surface area contributed by atoms with Crippen LogP contribution in [0.1, 0.15) is 31.1 Å². The fraction of sp³-hybridized carbons (Fsp3) is 0.400. The van der Waals surface area contributed by atoms with Crippen LogP contribution in [0.2, 0.25) is 0 Å². The van der Waals surface area contributed by atoms with Crippen molar-refractivity contribution in [2.45, 2.75) is 31.2 Å². The van der Waals surface area contributed by atoms with E-state index in [1.165, 1.54) is 11.8 Å². The molecule has 0 atom stereocenters. The Kier molecular flexibility index (Phi) is 5.06. The van der Waals surface area contributed by atoms with Gasteiger partial charge >= 0.3 is 5.97 Å². The number of rotatable bonds is 5. The van der Waals surface area contributed by atoms with E-state index < -0.39 is 5.97 Å². The fourth-order valence-electron chi connectivity index (χ4n) is 1.99. The highest BCUT2D eigenvalue weighted by atomic mass is 32.2. The number of thioether (sulfide) groups is 1. The molecule has 1 aromatic carbocycles. The van der Waals surface area contributed by atoms with Crippen LogP contribution in [0.15, 0.2) is 35.7 Å². The minimum absolute atomic E-state index is 0.171. The third-order valence-corrected chi connectivity index (χ3v) is 3.63. The van der Waals surface area contributed by atoms with Crippen LogP contribution in [-0.4, -0.2) is 29.4 Å². The Morgan fingerprint density at radius 3 is 2.53 bits per heavy atom. The molecule has 0 heterocycles. The number of hydrogen-bond donors (Lipinski definition) is 1. The maximum atomic E-state index is 11.6. The second-order valence-electron chi connectivity index (χ2n) is 5.23. The Labute approximate surface area is 119 Å². The predicted molar refractivity (Wildman–Crippen MR) is 82.5 cm³/mol. The highest BCUT2D eigenvalue weighted by molar-refractivity contribution is 7.98. The number of nitrogens with zero attached hydrogens (tertiary/aromatic N) is 1. The Morgan fingerprint density at radius 1 is 1.47 bits per heavy atom. The van der Waals surface area contributed by atoms with Gasteiger partial charge < -0.3 is 10.0 Å². The predicted octanol–water partition coefficient (Wildman–Crippen LogP) is 3.90. The lowest BCUT2D eigenvalue weighted by atomic mass is 10.0. The number of carbonyl (C=O) groups is 1. The minimum atomic E-state index is -0.890. The van der Waals surface area contributed by atoms with E-state index in [4.69, 9.17) is 0 Å². The van der Waals surface area contributed by atoms with E-state index in [1.54, 1.807) is 6.08 Å². The van der Waals surface area contributed by atoms with Crippen molar-refractivity contribution in [3.8, 4) is 0 Å². The van der Waals surface area contributed by atoms with Crippen LogP contribution in [0, 0.1) is 0 Å². The van der Waals surface area contributed by atoms with Crippen molar-refractivity contribution in [2.24, 2.45) is 0 Å². The second-order valence-corrected chi connectivity index (χ2v) is 6.08. The van der Waals surface area contributed by atoms with Crippen molar-refractivity contribution in [3.05, 3.63) is 36.4 Å². The van der Waals surface area contributed by atoms with Crippen molar-refractivity contribution in [1.29, 1.82) is 0 Å². The van der Waals surface area contributed by atoms with Crippen molar-refractivity contribution < 1.29 is 9.90 Å². The molecule has 0 unspecified atom stereocenters. The van der Waals surface area contributed by atoms with Crippen LogP contribution in [0.3, 0.4) is 0 Å². The van der Waals surface area contributed by atoms with E-state index in [0.717, 1.165) is 10.6 Å². The van der Waals surface area contributed by atoms with Crippen molar-refractivity contribution in [1.82, 2.24) is 0 Å². The highest BCUT2D eigenvalue weighted by Crippen LogP contribution is 2.33. The molecule has 0 aromatic heterocycles. The molecule has 1 N–H and O–H groups in total. The average Bonchev–Trinajstić information content (AvgIpc) is 2.33. The highest BCUT2D eigenvalue weighted by Gasteiger charge is 2.26. The van der Waals surface area contributed by atoms with Crippen LogP contribution in [0.25, 0.3) is 0 Å². The normalized spacial score (nSPS) is 11.2. The van der Waals surface area contributed by atoms with E-state index in [-0.39, 0.29) is 5.54 Å². The zero-order chi connectivity index (χ0) is 14.6. The van der Waals surface area contributed by atoms with Crippen LogP contribution in [-0.2, 0) is 0 Å². The number of carboxylic acid groups (broad SMARTS) is 1. The Balaban J connectivity index is 3.46. The molecule has 0 bridgehead atoms. The molecule has 0 aliphatic carbocycles. The molecule has 19 heavy (non-hydrogen) atoms. The number of carboxylic acids is 1. The topological polar surface area (TPSA) is 40.5 Å². The van der Waals surface area contributed by atoms with E-state index in [2.05, 4.69) is 32.3 Å². The summed E-state index contributed by atoms with van der Waals surface area (Å²) in [7, 11) is 0. The zero-order valence-corrected chi connectivity index (χ0v) is 12.8. The van der Waals surface area contributed by atoms with Gasteiger partial charge in [0.1, 0.15) is 0 Å². The summed E-state index contributed by atoms with van der Waals surface area (Å²) in [6, 6.07) is 5.60. The van der Waals surface area contributed by atoms with E-state index in [0.29, 0.717) is 12.1 Å². The van der Waals surface area contributed by atoms with Crippen LogP contribution in [0.4, 0.5) is 5.69 Å². The lowest BCUT2D eigenvalue weighted by Gasteiger charge is -2.38. The van der Waals surface area contributed by atoms with Gasteiger partial charge in [-0.3, -0.25) is 0 Å². The summed E-state index contributed by atoms with van der Waals surface area (Å²) in [5.41, 5.74) is 0.939. The summed E-state index contributed by atoms with van der Waals surface area (Å²) in [5.74, 6) is -0.890. The Bertz CT molecular complexity index is 478. The molecule has 3 nitrogen and oxygen atoms in total. The molecule has 0 aliphatic heterocycles. The van der Waals surface area contributed by atoms with Crippen LogP contribution < -0.4 is 4.90 Å². The van der Waals surface area contributed by atoms with Gasteiger partial charge in [0.25, 0.3) is 0 Å². The number of hydrogen-bond acceptors (Lipinski definition) is 3. The molecule has 0 saturated carbocycles. The van der Waals surface area contributed by atoms with Crippen LogP contribution in [0.5, 0.6) is 0 Å². The van der Waals surface area contributed by atoms with Crippen molar-refractivity contribution in [3.63, 3.8) is 0 Å². The summed E-state index contributed by atoms with van der Waals surface area (Å²) in [6.07, 6.45) is 3.68. The lowest BCUT2D eigenvalue weighted by Crippen LogP contribution is -2.42. The van der Waals surface area contributed by atoms with E-state index in [9.17, 15) is 9.90 Å². The van der Waals surface area contributed by atoms with Gasteiger partial charge in [-0.2, -0.15) is 0 Å². The van der Waals surface area contributed by atoms with Crippen LogP contribution >= 0.6 is 11.8 Å². The molecular formula is C15H21NO2S. The van der Waals surface area contributed by atoms with Gasteiger partial charge in [-0.05, 0) is 39.2 Å². The summed E-state index contributed by atoms with van der Waals surface area (Å²) < 4.78 is 0. The van der Waals surface area contributed by atoms with Gasteiger partial charge in [-0.1, -0.05) is 12.1 Å². The molecular weight excluding hydrogens is 258 g/mol. The molecule has 0 amide bonds. The zero-order valence-electron chi connectivity index (χ0n) is 11.9. The van der Waals surface area contributed by atoms with Gasteiger partial charge in [0, 0.05) is 17.0 Å². The van der Waals surface area contributed by atoms with Crippen molar-refractivity contribution >= 4 is 23.4 Å². The van der Waals surface area contributed by atoms with Gasteiger partial charge in [-0.25, -0.2) is 4.79 Å². The van der Waals surface area contributed by atoms with Gasteiger partial charge in [0.15, 0.2) is 0 Å². The first-order valence-electron chi connectivity index (χ1n) is 6.11. The smallest absolute Gasteiger partial charge is 0.338 e. The summed E-state index contributed by atoms with van der Waals surface area (Å²) in [5, 5.41) is 9.49. The van der Waals surface area contributed by atoms with Crippen molar-refractivity contribution in [2.75, 3.05) is 17.7 Å². The molecule has 104 valence electrons. The molecule has 0 fully saturated rings. The summed E-state index contributed by atoms with van der Waals surface area (Å²) in [4.78, 5) is 14.4. The number of aromatic carboxylic acids is 1. The minimum Gasteiger partial charge on any atom is -0.478 e. The first kappa shape index (κ1) is 15.6. The summed E-state index contributed by atoms with van der Waals surface area (Å²) >= 11 is 1.45. The van der Waals surface area contributed by atoms with E-state index in [1.807, 2.05) is 24.5 Å². The van der Waals surface area contributed by atoms with Gasteiger partial charge in [-0.15, -0.1) is 18.3 Å². The number of benzene rings is 1. The number of anilines is 1. The standard InChI is InChI=1S/C15H21NO2S/c1-6-10-16(15(2,3)4)11-8-7-9-12(19-5)13(11)14(17)18/h6-9H,1,10H2,2-5H3,(H,17,18). The second kappa shape index (κ2) is 6.15. The lowest BCUT2D eigenvalue weighted by molar-refractivity contribution is 0.0693. The molecule has 0 radical (unpaired) electrons. The third kappa shape index (κ3) is 3.53. The first-order valence-corrected chi connectivity index (χ1v) is 7.34. The van der Waals surface area contributed by atoms with Gasteiger partial charge in [0.05, 0.1) is 11.3 Å². The maximum absolute atomic E-state index is 11.6. The summed E-state index contributed by atoms with van der Waals surface area (Å²) in [6.45, 7) is 10.6. The monoisotopic (exact) mass is 279 g/mol. The quantitative estimate of drug-likeness (QED) is 0.655. The van der Waals surface area contributed by atoms with Gasteiger partial charge in [0.2, 0.25) is 0 Å². The molecule has 1 aromatic rings. The fourth-order valence-corrected chi connectivity index (χ4v) is 2.60. The molecule has 4 heteroatoms.